The Kier molecular flexibility index (Phi) is 4.87. The van der Waals surface area contributed by atoms with Crippen LogP contribution in [0.25, 0.3) is 0 Å². The summed E-state index contributed by atoms with van der Waals surface area (Å²) in [4.78, 5) is 4.06. The maximum atomic E-state index is 5.78. The summed E-state index contributed by atoms with van der Waals surface area (Å²) < 4.78 is 11.3. The van der Waals surface area contributed by atoms with Crippen LogP contribution >= 0.6 is 11.3 Å². The number of nitrogens with zero attached hydrogens (tertiary/aromatic N) is 2. The molecule has 1 aromatic heterocycles. The van der Waals surface area contributed by atoms with Crippen molar-refractivity contribution in [1.29, 1.82) is 0 Å². The Labute approximate surface area is 133 Å². The molecule has 0 radical (unpaired) electrons. The van der Waals surface area contributed by atoms with Gasteiger partial charge in [-0.3, -0.25) is 5.43 Å². The minimum atomic E-state index is -0.120. The molecule has 0 bridgehead atoms. The van der Waals surface area contributed by atoms with E-state index in [1.54, 1.807) is 11.6 Å². The highest BCUT2D eigenvalue weighted by Crippen LogP contribution is 2.19. The highest BCUT2D eigenvalue weighted by Gasteiger charge is 2.14. The van der Waals surface area contributed by atoms with Gasteiger partial charge in [-0.1, -0.05) is 0 Å². The smallest absolute Gasteiger partial charge is 0.205 e. The molecule has 1 saturated heterocycles. The molecule has 6 nitrogen and oxygen atoms in total. The summed E-state index contributed by atoms with van der Waals surface area (Å²) in [5.41, 5.74) is 9.34. The molecule has 2 aromatic rings. The number of nitrogen functional groups attached to an aromatic ring is 1. The number of benzene rings is 1. The molecule has 0 spiro atoms. The van der Waals surface area contributed by atoms with Crippen LogP contribution in [0.15, 0.2) is 34.7 Å². The van der Waals surface area contributed by atoms with Crippen LogP contribution < -0.4 is 15.9 Å². The third-order valence-electron chi connectivity index (χ3n) is 3.18. The molecule has 0 saturated carbocycles. The molecule has 3 N–H and O–H groups in total. The Hall–Kier alpha value is -2.12. The Bertz CT molecular complexity index is 621. The molecule has 1 unspecified atom stereocenters. The third-order valence-corrected chi connectivity index (χ3v) is 3.95. The molecule has 2 heterocycles. The number of nitrogens with one attached hydrogen (secondary N) is 1. The lowest BCUT2D eigenvalue weighted by Gasteiger charge is -2.23. The fourth-order valence-electron chi connectivity index (χ4n) is 2.09. The molecule has 1 fully saturated rings. The van der Waals surface area contributed by atoms with Crippen molar-refractivity contribution in [3.05, 3.63) is 35.2 Å². The molecule has 1 aromatic carbocycles. The topological polar surface area (TPSA) is 81.8 Å². The Morgan fingerprint density at radius 1 is 1.36 bits per heavy atom. The van der Waals surface area contributed by atoms with Gasteiger partial charge in [0.1, 0.15) is 11.6 Å². The predicted molar refractivity (Wildman–Crippen MR) is 88.4 cm³/mol. The zero-order valence-corrected chi connectivity index (χ0v) is 12.9. The molecule has 7 heteroatoms. The second-order valence-electron chi connectivity index (χ2n) is 4.93. The first-order valence-corrected chi connectivity index (χ1v) is 8.06. The fraction of sp³-hybridized carbons (Fsp3) is 0.333. The van der Waals surface area contributed by atoms with Crippen molar-refractivity contribution in [3.8, 4) is 5.75 Å². The van der Waals surface area contributed by atoms with Crippen molar-refractivity contribution in [3.63, 3.8) is 0 Å². The van der Waals surface area contributed by atoms with Crippen LogP contribution in [0.2, 0.25) is 0 Å². The van der Waals surface area contributed by atoms with Gasteiger partial charge in [0.25, 0.3) is 0 Å². The summed E-state index contributed by atoms with van der Waals surface area (Å²) in [5, 5.41) is 6.55. The Morgan fingerprint density at radius 3 is 2.91 bits per heavy atom. The Balaban J connectivity index is 1.52. The largest absolute Gasteiger partial charge is 0.465 e. The van der Waals surface area contributed by atoms with Crippen molar-refractivity contribution < 1.29 is 9.47 Å². The molecular weight excluding hydrogens is 300 g/mol. The van der Waals surface area contributed by atoms with Gasteiger partial charge in [0.05, 0.1) is 12.8 Å². The molecule has 116 valence electrons. The van der Waals surface area contributed by atoms with Gasteiger partial charge in [0.2, 0.25) is 5.13 Å². The minimum absolute atomic E-state index is 0.120. The molecule has 0 aliphatic carbocycles. The van der Waals surface area contributed by atoms with Gasteiger partial charge in [-0.15, -0.1) is 11.3 Å². The SMILES string of the molecule is Nc1csc(NN=Cc2ccc(OC3CCCCO3)cc2)n1. The van der Waals surface area contributed by atoms with E-state index in [0.29, 0.717) is 10.9 Å². The summed E-state index contributed by atoms with van der Waals surface area (Å²) >= 11 is 1.41. The lowest BCUT2D eigenvalue weighted by molar-refractivity contribution is -0.105. The van der Waals surface area contributed by atoms with Crippen molar-refractivity contribution in [2.75, 3.05) is 17.8 Å². The first-order chi connectivity index (χ1) is 10.8. The molecule has 1 aliphatic rings. The number of hydrogen-bond donors (Lipinski definition) is 2. The van der Waals surface area contributed by atoms with Gasteiger partial charge in [0, 0.05) is 11.8 Å². The summed E-state index contributed by atoms with van der Waals surface area (Å²) in [6.07, 6.45) is 4.82. The predicted octanol–water partition coefficient (Wildman–Crippen LogP) is 3.08. The molecule has 0 amide bonds. The van der Waals surface area contributed by atoms with Crippen LogP contribution in [-0.2, 0) is 4.74 Å². The van der Waals surface area contributed by atoms with Crippen LogP contribution in [-0.4, -0.2) is 24.1 Å². The molecular formula is C15H18N4O2S. The summed E-state index contributed by atoms with van der Waals surface area (Å²) in [7, 11) is 0. The lowest BCUT2D eigenvalue weighted by atomic mass is 10.2. The third kappa shape index (κ3) is 4.19. The Morgan fingerprint density at radius 2 is 2.23 bits per heavy atom. The average Bonchev–Trinajstić information content (AvgIpc) is 2.96. The van der Waals surface area contributed by atoms with Crippen molar-refractivity contribution in [2.24, 2.45) is 5.10 Å². The molecule has 3 rings (SSSR count). The molecule has 22 heavy (non-hydrogen) atoms. The summed E-state index contributed by atoms with van der Waals surface area (Å²) in [5.74, 6) is 1.30. The highest BCUT2D eigenvalue weighted by atomic mass is 32.1. The number of aromatic nitrogens is 1. The van der Waals surface area contributed by atoms with Gasteiger partial charge in [-0.05, 0) is 42.7 Å². The van der Waals surface area contributed by atoms with Crippen LogP contribution in [0.3, 0.4) is 0 Å². The highest BCUT2D eigenvalue weighted by molar-refractivity contribution is 7.14. The van der Waals surface area contributed by atoms with E-state index in [0.717, 1.165) is 37.2 Å². The number of rotatable bonds is 5. The van der Waals surface area contributed by atoms with Crippen LogP contribution in [0.5, 0.6) is 5.75 Å². The van der Waals surface area contributed by atoms with Gasteiger partial charge in [-0.25, -0.2) is 4.98 Å². The van der Waals surface area contributed by atoms with Gasteiger partial charge < -0.3 is 15.2 Å². The average molecular weight is 318 g/mol. The quantitative estimate of drug-likeness (QED) is 0.654. The second kappa shape index (κ2) is 7.24. The maximum absolute atomic E-state index is 5.78. The fourth-order valence-corrected chi connectivity index (χ4v) is 2.64. The van der Waals surface area contributed by atoms with Gasteiger partial charge in [0.15, 0.2) is 6.29 Å². The van der Waals surface area contributed by atoms with E-state index in [2.05, 4.69) is 15.5 Å². The van der Waals surface area contributed by atoms with Crippen LogP contribution in [0, 0.1) is 0 Å². The van der Waals surface area contributed by atoms with E-state index in [1.807, 2.05) is 24.3 Å². The second-order valence-corrected chi connectivity index (χ2v) is 5.79. The number of thiazole rings is 1. The minimum Gasteiger partial charge on any atom is -0.465 e. The van der Waals surface area contributed by atoms with Gasteiger partial charge in [-0.2, -0.15) is 5.10 Å². The normalized spacial score (nSPS) is 18.5. The molecule has 1 aliphatic heterocycles. The van der Waals surface area contributed by atoms with E-state index in [9.17, 15) is 0 Å². The lowest BCUT2D eigenvalue weighted by Crippen LogP contribution is -2.24. The number of hydrogen-bond acceptors (Lipinski definition) is 7. The van der Waals surface area contributed by atoms with Crippen LogP contribution in [0.4, 0.5) is 10.9 Å². The standard InChI is InChI=1S/C15H18N4O2S/c16-13-10-22-15(18-13)19-17-9-11-4-6-12(7-5-11)21-14-3-1-2-8-20-14/h4-7,9-10,14H,1-3,8,16H2,(H,18,19). The summed E-state index contributed by atoms with van der Waals surface area (Å²) in [6, 6.07) is 7.72. The van der Waals surface area contributed by atoms with Crippen LogP contribution in [0.1, 0.15) is 24.8 Å². The van der Waals surface area contributed by atoms with E-state index in [-0.39, 0.29) is 6.29 Å². The summed E-state index contributed by atoms with van der Waals surface area (Å²) in [6.45, 7) is 0.780. The molecule has 1 atom stereocenters. The van der Waals surface area contributed by atoms with Crippen molar-refractivity contribution in [1.82, 2.24) is 4.98 Å². The van der Waals surface area contributed by atoms with Gasteiger partial charge >= 0.3 is 0 Å². The number of anilines is 2. The monoisotopic (exact) mass is 318 g/mol. The number of hydrazone groups is 1. The maximum Gasteiger partial charge on any atom is 0.205 e. The number of nitrogens with two attached hydrogens (primary N) is 1. The van der Waals surface area contributed by atoms with Crippen molar-refractivity contribution in [2.45, 2.75) is 25.6 Å². The zero-order valence-electron chi connectivity index (χ0n) is 12.1. The van der Waals surface area contributed by atoms with E-state index >= 15 is 0 Å². The van der Waals surface area contributed by atoms with Crippen molar-refractivity contribution >= 4 is 28.5 Å². The van der Waals surface area contributed by atoms with E-state index in [4.69, 9.17) is 15.2 Å². The number of ether oxygens (including phenoxy) is 2. The van der Waals surface area contributed by atoms with E-state index in [1.165, 1.54) is 11.3 Å². The van der Waals surface area contributed by atoms with E-state index < -0.39 is 0 Å². The zero-order chi connectivity index (χ0) is 15.2. The first kappa shape index (κ1) is 14.8. The first-order valence-electron chi connectivity index (χ1n) is 7.18.